The Bertz CT molecular complexity index is 356. The van der Waals surface area contributed by atoms with E-state index in [0.29, 0.717) is 18.3 Å². The van der Waals surface area contributed by atoms with Gasteiger partial charge in [0.1, 0.15) is 0 Å². The van der Waals surface area contributed by atoms with Crippen LogP contribution in [0.25, 0.3) is 0 Å². The molecule has 1 amide bonds. The highest BCUT2D eigenvalue weighted by Gasteiger charge is 2.44. The molecule has 4 heteroatoms. The van der Waals surface area contributed by atoms with Gasteiger partial charge in [-0.25, -0.2) is 0 Å². The molecule has 2 unspecified atom stereocenters. The maximum atomic E-state index is 12.5. The summed E-state index contributed by atoms with van der Waals surface area (Å²) in [6.07, 6.45) is 6.13. The second-order valence-corrected chi connectivity index (χ2v) is 6.18. The molecule has 4 nitrogen and oxygen atoms in total. The number of nitrogens with zero attached hydrogens (tertiary/aromatic N) is 1. The SMILES string of the molecule is O=C(O)[C@H]1CCC[C@H]1C(=O)N1CC2CCCC2C1. The first-order valence-electron chi connectivity index (χ1n) is 7.18. The molecule has 0 spiro atoms. The lowest BCUT2D eigenvalue weighted by Crippen LogP contribution is -2.38. The van der Waals surface area contributed by atoms with E-state index in [9.17, 15) is 9.59 Å². The number of fused-ring (bicyclic) bond motifs is 1. The van der Waals surface area contributed by atoms with E-state index in [1.807, 2.05) is 4.90 Å². The van der Waals surface area contributed by atoms with Crippen LogP contribution in [0.2, 0.25) is 0 Å². The molecule has 3 fully saturated rings. The molecule has 1 N–H and O–H groups in total. The summed E-state index contributed by atoms with van der Waals surface area (Å²) in [5.74, 6) is 0.0380. The topological polar surface area (TPSA) is 57.6 Å². The lowest BCUT2D eigenvalue weighted by Gasteiger charge is -2.23. The molecule has 1 saturated heterocycles. The van der Waals surface area contributed by atoms with Gasteiger partial charge in [-0.3, -0.25) is 9.59 Å². The Kier molecular flexibility index (Phi) is 3.04. The summed E-state index contributed by atoms with van der Waals surface area (Å²) in [4.78, 5) is 25.6. The standard InChI is InChI=1S/C14H21NO3/c16-13(11-5-2-6-12(11)14(17)18)15-7-9-3-1-4-10(9)8-15/h9-12H,1-8H2,(H,17,18)/t9?,10?,11-,12+/m1/s1. The Morgan fingerprint density at radius 1 is 0.889 bits per heavy atom. The van der Waals surface area contributed by atoms with Gasteiger partial charge in [0.25, 0.3) is 0 Å². The minimum atomic E-state index is -0.787. The van der Waals surface area contributed by atoms with Gasteiger partial charge in [-0.1, -0.05) is 12.8 Å². The van der Waals surface area contributed by atoms with Gasteiger partial charge in [0.05, 0.1) is 11.8 Å². The van der Waals surface area contributed by atoms with Gasteiger partial charge in [-0.2, -0.15) is 0 Å². The number of carboxylic acids is 1. The van der Waals surface area contributed by atoms with Gasteiger partial charge in [0, 0.05) is 13.1 Å². The Hall–Kier alpha value is -1.06. The zero-order valence-electron chi connectivity index (χ0n) is 10.7. The van der Waals surface area contributed by atoms with E-state index < -0.39 is 11.9 Å². The van der Waals surface area contributed by atoms with Gasteiger partial charge in [-0.15, -0.1) is 0 Å². The van der Waals surface area contributed by atoms with Crippen molar-refractivity contribution in [2.45, 2.75) is 38.5 Å². The zero-order valence-corrected chi connectivity index (χ0v) is 10.7. The molecule has 4 atom stereocenters. The number of likely N-dealkylation sites (tertiary alicyclic amines) is 1. The monoisotopic (exact) mass is 251 g/mol. The van der Waals surface area contributed by atoms with Crippen molar-refractivity contribution in [1.29, 1.82) is 0 Å². The van der Waals surface area contributed by atoms with Crippen LogP contribution in [0.4, 0.5) is 0 Å². The first-order chi connectivity index (χ1) is 8.66. The molecule has 0 aromatic carbocycles. The molecule has 18 heavy (non-hydrogen) atoms. The number of aliphatic carboxylic acids is 1. The normalized spacial score (nSPS) is 39.0. The van der Waals surface area contributed by atoms with E-state index in [0.717, 1.165) is 25.9 Å². The summed E-state index contributed by atoms with van der Waals surface area (Å²) >= 11 is 0. The Labute approximate surface area is 107 Å². The lowest BCUT2D eigenvalue weighted by atomic mass is 9.95. The van der Waals surface area contributed by atoms with Gasteiger partial charge >= 0.3 is 5.97 Å². The molecule has 1 heterocycles. The van der Waals surface area contributed by atoms with E-state index in [-0.39, 0.29) is 11.8 Å². The molecular formula is C14H21NO3. The molecule has 3 aliphatic rings. The lowest BCUT2D eigenvalue weighted by molar-refractivity contribution is -0.148. The van der Waals surface area contributed by atoms with E-state index in [4.69, 9.17) is 5.11 Å². The van der Waals surface area contributed by atoms with Crippen LogP contribution >= 0.6 is 0 Å². The summed E-state index contributed by atoms with van der Waals surface area (Å²) in [7, 11) is 0. The van der Waals surface area contributed by atoms with Crippen molar-refractivity contribution in [2.24, 2.45) is 23.7 Å². The van der Waals surface area contributed by atoms with Crippen molar-refractivity contribution < 1.29 is 14.7 Å². The molecule has 3 rings (SSSR count). The first kappa shape index (κ1) is 12.0. The van der Waals surface area contributed by atoms with Crippen molar-refractivity contribution in [3.63, 3.8) is 0 Å². The largest absolute Gasteiger partial charge is 0.481 e. The van der Waals surface area contributed by atoms with E-state index >= 15 is 0 Å². The third-order valence-electron chi connectivity index (χ3n) is 5.19. The fourth-order valence-corrected chi connectivity index (χ4v) is 4.20. The number of carbonyl (C=O) groups excluding carboxylic acids is 1. The van der Waals surface area contributed by atoms with Crippen LogP contribution in [0, 0.1) is 23.7 Å². The average molecular weight is 251 g/mol. The highest BCUT2D eigenvalue weighted by atomic mass is 16.4. The highest BCUT2D eigenvalue weighted by molar-refractivity contribution is 5.85. The predicted molar refractivity (Wildman–Crippen MR) is 65.9 cm³/mol. The minimum absolute atomic E-state index is 0.120. The molecule has 0 aromatic heterocycles. The van der Waals surface area contributed by atoms with Gasteiger partial charge in [0.2, 0.25) is 5.91 Å². The molecule has 0 radical (unpaired) electrons. The highest BCUT2D eigenvalue weighted by Crippen LogP contribution is 2.40. The summed E-state index contributed by atoms with van der Waals surface area (Å²) in [5, 5.41) is 9.17. The maximum Gasteiger partial charge on any atom is 0.307 e. The van der Waals surface area contributed by atoms with Gasteiger partial charge in [-0.05, 0) is 37.5 Å². The Balaban J connectivity index is 1.66. The van der Waals surface area contributed by atoms with Gasteiger partial charge in [0.15, 0.2) is 0 Å². The second-order valence-electron chi connectivity index (χ2n) is 6.18. The third-order valence-corrected chi connectivity index (χ3v) is 5.19. The number of rotatable bonds is 2. The van der Waals surface area contributed by atoms with Crippen LogP contribution in [-0.4, -0.2) is 35.0 Å². The second kappa shape index (κ2) is 4.56. The number of carbonyl (C=O) groups is 2. The molecule has 2 aliphatic carbocycles. The fraction of sp³-hybridized carbons (Fsp3) is 0.857. The zero-order chi connectivity index (χ0) is 12.7. The van der Waals surface area contributed by atoms with Crippen LogP contribution < -0.4 is 0 Å². The van der Waals surface area contributed by atoms with E-state index in [2.05, 4.69) is 0 Å². The van der Waals surface area contributed by atoms with Crippen LogP contribution in [-0.2, 0) is 9.59 Å². The summed E-state index contributed by atoms with van der Waals surface area (Å²) in [6.45, 7) is 1.76. The fourth-order valence-electron chi connectivity index (χ4n) is 4.20. The van der Waals surface area contributed by atoms with Crippen LogP contribution in [0.1, 0.15) is 38.5 Å². The molecular weight excluding hydrogens is 230 g/mol. The molecule has 100 valence electrons. The first-order valence-corrected chi connectivity index (χ1v) is 7.18. The maximum absolute atomic E-state index is 12.5. The average Bonchev–Trinajstić information content (AvgIpc) is 3.02. The Morgan fingerprint density at radius 3 is 2.06 bits per heavy atom. The van der Waals surface area contributed by atoms with Crippen LogP contribution in [0.3, 0.4) is 0 Å². The van der Waals surface area contributed by atoms with Crippen LogP contribution in [0.15, 0.2) is 0 Å². The smallest absolute Gasteiger partial charge is 0.307 e. The minimum Gasteiger partial charge on any atom is -0.481 e. The van der Waals surface area contributed by atoms with Crippen molar-refractivity contribution >= 4 is 11.9 Å². The van der Waals surface area contributed by atoms with Crippen molar-refractivity contribution in [3.8, 4) is 0 Å². The predicted octanol–water partition coefficient (Wildman–Crippen LogP) is 1.75. The van der Waals surface area contributed by atoms with E-state index in [1.54, 1.807) is 0 Å². The van der Waals surface area contributed by atoms with Gasteiger partial charge < -0.3 is 10.0 Å². The number of carboxylic acid groups (broad SMARTS) is 1. The third kappa shape index (κ3) is 1.91. The molecule has 0 bridgehead atoms. The summed E-state index contributed by atoms with van der Waals surface area (Å²) < 4.78 is 0. The summed E-state index contributed by atoms with van der Waals surface area (Å²) in [5.41, 5.74) is 0. The van der Waals surface area contributed by atoms with E-state index in [1.165, 1.54) is 19.3 Å². The molecule has 2 saturated carbocycles. The van der Waals surface area contributed by atoms with Crippen molar-refractivity contribution in [3.05, 3.63) is 0 Å². The molecule has 0 aromatic rings. The number of amides is 1. The number of hydrogen-bond donors (Lipinski definition) is 1. The van der Waals surface area contributed by atoms with Crippen LogP contribution in [0.5, 0.6) is 0 Å². The Morgan fingerprint density at radius 2 is 1.44 bits per heavy atom. The molecule has 1 aliphatic heterocycles. The quantitative estimate of drug-likeness (QED) is 0.813. The van der Waals surface area contributed by atoms with Crippen molar-refractivity contribution in [1.82, 2.24) is 4.90 Å². The number of hydrogen-bond acceptors (Lipinski definition) is 2. The van der Waals surface area contributed by atoms with Crippen molar-refractivity contribution in [2.75, 3.05) is 13.1 Å². The summed E-state index contributed by atoms with van der Waals surface area (Å²) in [6, 6.07) is 0.